The first-order valence-corrected chi connectivity index (χ1v) is 13.5. The third-order valence-electron chi connectivity index (χ3n) is 5.46. The number of fused-ring (bicyclic) bond motifs is 3. The number of amides is 1. The maximum Gasteiger partial charge on any atom is 0.243 e. The monoisotopic (exact) mass is 506 g/mol. The van der Waals surface area contributed by atoms with Gasteiger partial charge in [0.1, 0.15) is 0 Å². The highest BCUT2D eigenvalue weighted by Crippen LogP contribution is 2.36. The van der Waals surface area contributed by atoms with Gasteiger partial charge in [-0.1, -0.05) is 22.9 Å². The smallest absolute Gasteiger partial charge is 0.243 e. The average Bonchev–Trinajstić information content (AvgIpc) is 3.36. The van der Waals surface area contributed by atoms with E-state index in [1.165, 1.54) is 27.8 Å². The normalized spacial score (nSPS) is 17.8. The van der Waals surface area contributed by atoms with Crippen molar-refractivity contribution in [2.24, 2.45) is 5.92 Å². The molecule has 0 aliphatic carbocycles. The second-order valence-electron chi connectivity index (χ2n) is 7.66. The molecule has 166 valence electrons. The van der Waals surface area contributed by atoms with E-state index in [2.05, 4.69) is 15.3 Å². The van der Waals surface area contributed by atoms with E-state index in [0.717, 1.165) is 25.4 Å². The summed E-state index contributed by atoms with van der Waals surface area (Å²) < 4.78 is 29.5. The van der Waals surface area contributed by atoms with Crippen LogP contribution in [-0.4, -0.2) is 41.7 Å². The van der Waals surface area contributed by atoms with E-state index in [4.69, 9.17) is 11.6 Å². The van der Waals surface area contributed by atoms with E-state index >= 15 is 0 Å². The van der Waals surface area contributed by atoms with Crippen LogP contribution in [0.25, 0.3) is 20.4 Å². The molecule has 0 bridgehead atoms. The average molecular weight is 507 g/mol. The number of aryl methyl sites for hydroxylation is 1. The molecule has 11 heteroatoms. The summed E-state index contributed by atoms with van der Waals surface area (Å²) in [6, 6.07) is 9.93. The minimum Gasteiger partial charge on any atom is -0.302 e. The van der Waals surface area contributed by atoms with Gasteiger partial charge in [-0.05, 0) is 56.2 Å². The minimum atomic E-state index is -3.68. The van der Waals surface area contributed by atoms with Crippen LogP contribution in [0, 0.1) is 12.8 Å². The number of benzene rings is 2. The number of nitrogens with zero attached hydrogens (tertiary/aromatic N) is 3. The Bertz CT molecular complexity index is 1430. The Labute approximate surface area is 198 Å². The van der Waals surface area contributed by atoms with Gasteiger partial charge < -0.3 is 5.32 Å². The van der Waals surface area contributed by atoms with Crippen molar-refractivity contribution in [2.45, 2.75) is 24.7 Å². The standard InChI is InChI=1S/C21H19ClN4O3S3/c1-12-23-16-8-9-17-19(18(16)30-12)31-21(24-17)25-20(27)13-3-2-10-26(11-13)32(28,29)15-6-4-14(22)5-7-15/h4-9,13H,2-3,10-11H2,1H3,(H,24,25,27). The number of aromatic nitrogens is 2. The molecule has 32 heavy (non-hydrogen) atoms. The van der Waals surface area contributed by atoms with Crippen molar-refractivity contribution in [2.75, 3.05) is 18.4 Å². The first-order valence-electron chi connectivity index (χ1n) is 10.0. The molecule has 7 nitrogen and oxygen atoms in total. The Morgan fingerprint density at radius 2 is 1.78 bits per heavy atom. The molecule has 1 aliphatic heterocycles. The van der Waals surface area contributed by atoms with Crippen molar-refractivity contribution in [3.63, 3.8) is 0 Å². The van der Waals surface area contributed by atoms with Crippen LogP contribution in [0.3, 0.4) is 0 Å². The molecule has 1 N–H and O–H groups in total. The predicted molar refractivity (Wildman–Crippen MR) is 129 cm³/mol. The Morgan fingerprint density at radius 1 is 1.09 bits per heavy atom. The molecule has 1 amide bonds. The molecule has 3 heterocycles. The molecule has 1 atom stereocenters. The Morgan fingerprint density at radius 3 is 2.53 bits per heavy atom. The SMILES string of the molecule is Cc1nc2ccc3nc(NC(=O)C4CCCN(S(=O)(=O)c5ccc(Cl)cc5)C4)sc3c2s1. The summed E-state index contributed by atoms with van der Waals surface area (Å²) in [5, 5.41) is 4.88. The van der Waals surface area contributed by atoms with E-state index < -0.39 is 15.9 Å². The molecule has 1 unspecified atom stereocenters. The summed E-state index contributed by atoms with van der Waals surface area (Å²) in [6.45, 7) is 2.49. The molecule has 1 fully saturated rings. The number of hydrogen-bond acceptors (Lipinski definition) is 7. The lowest BCUT2D eigenvalue weighted by Gasteiger charge is -2.31. The number of halogens is 1. The number of hydrogen-bond donors (Lipinski definition) is 1. The Balaban J connectivity index is 1.34. The number of carbonyl (C=O) groups excluding carboxylic acids is 1. The molecule has 1 aliphatic rings. The summed E-state index contributed by atoms with van der Waals surface area (Å²) in [4.78, 5) is 22.2. The van der Waals surface area contributed by atoms with Crippen molar-refractivity contribution in [1.29, 1.82) is 0 Å². The molecule has 0 radical (unpaired) electrons. The second kappa shape index (κ2) is 8.35. The fraction of sp³-hybridized carbons (Fsp3) is 0.286. The summed E-state index contributed by atoms with van der Waals surface area (Å²) in [5.41, 5.74) is 1.74. The summed E-state index contributed by atoms with van der Waals surface area (Å²) in [7, 11) is -3.68. The lowest BCUT2D eigenvalue weighted by atomic mass is 9.99. The fourth-order valence-electron chi connectivity index (χ4n) is 3.88. The van der Waals surface area contributed by atoms with Gasteiger partial charge >= 0.3 is 0 Å². The number of sulfonamides is 1. The zero-order chi connectivity index (χ0) is 22.5. The molecular weight excluding hydrogens is 488 g/mol. The van der Waals surface area contributed by atoms with Gasteiger partial charge in [0.15, 0.2) is 5.13 Å². The van der Waals surface area contributed by atoms with E-state index in [1.54, 1.807) is 23.5 Å². The van der Waals surface area contributed by atoms with Crippen molar-refractivity contribution < 1.29 is 13.2 Å². The number of nitrogens with one attached hydrogen (secondary N) is 1. The van der Waals surface area contributed by atoms with Crippen LogP contribution in [0.15, 0.2) is 41.3 Å². The first kappa shape index (κ1) is 21.7. The molecule has 2 aromatic heterocycles. The van der Waals surface area contributed by atoms with Gasteiger partial charge in [-0.15, -0.1) is 11.3 Å². The molecule has 1 saturated heterocycles. The number of rotatable bonds is 4. The highest BCUT2D eigenvalue weighted by Gasteiger charge is 2.33. The van der Waals surface area contributed by atoms with E-state index in [-0.39, 0.29) is 17.3 Å². The Kier molecular flexibility index (Phi) is 5.67. The maximum absolute atomic E-state index is 13.0. The lowest BCUT2D eigenvalue weighted by molar-refractivity contribution is -0.120. The van der Waals surface area contributed by atoms with Crippen LogP contribution in [0.4, 0.5) is 5.13 Å². The zero-order valence-corrected chi connectivity index (χ0v) is 20.2. The number of carbonyl (C=O) groups is 1. The van der Waals surface area contributed by atoms with Gasteiger partial charge in [-0.25, -0.2) is 18.4 Å². The lowest BCUT2D eigenvalue weighted by Crippen LogP contribution is -2.43. The largest absolute Gasteiger partial charge is 0.302 e. The third kappa shape index (κ3) is 4.01. The van der Waals surface area contributed by atoms with Gasteiger partial charge in [0.25, 0.3) is 0 Å². The molecule has 2 aromatic carbocycles. The fourth-order valence-corrected chi connectivity index (χ4v) is 7.53. The van der Waals surface area contributed by atoms with Crippen LogP contribution in [0.5, 0.6) is 0 Å². The summed E-state index contributed by atoms with van der Waals surface area (Å²) in [6.07, 6.45) is 1.24. The van der Waals surface area contributed by atoms with Gasteiger partial charge in [0, 0.05) is 18.1 Å². The maximum atomic E-state index is 13.0. The van der Waals surface area contributed by atoms with Crippen molar-refractivity contribution >= 4 is 75.8 Å². The van der Waals surface area contributed by atoms with E-state index in [9.17, 15) is 13.2 Å². The minimum absolute atomic E-state index is 0.139. The third-order valence-corrected chi connectivity index (χ3v) is 9.72. The molecule has 0 spiro atoms. The Hall–Kier alpha value is -2.11. The number of anilines is 1. The molecule has 5 rings (SSSR count). The number of piperidine rings is 1. The molecule has 4 aromatic rings. The van der Waals surface area contributed by atoms with Gasteiger partial charge in [0.2, 0.25) is 15.9 Å². The first-order chi connectivity index (χ1) is 15.3. The quantitative estimate of drug-likeness (QED) is 0.424. The van der Waals surface area contributed by atoms with Gasteiger partial charge in [-0.2, -0.15) is 4.31 Å². The zero-order valence-electron chi connectivity index (χ0n) is 17.0. The predicted octanol–water partition coefficient (Wildman–Crippen LogP) is 4.91. The van der Waals surface area contributed by atoms with Crippen LogP contribution in [-0.2, 0) is 14.8 Å². The van der Waals surface area contributed by atoms with E-state index in [1.807, 2.05) is 19.1 Å². The van der Waals surface area contributed by atoms with Gasteiger partial charge in [-0.3, -0.25) is 4.79 Å². The highest BCUT2D eigenvalue weighted by molar-refractivity contribution is 7.89. The second-order valence-corrected chi connectivity index (χ2v) is 12.2. The van der Waals surface area contributed by atoms with Gasteiger partial charge in [0.05, 0.1) is 36.3 Å². The van der Waals surface area contributed by atoms with Crippen LogP contribution >= 0.6 is 34.3 Å². The number of thiazole rings is 2. The summed E-state index contributed by atoms with van der Waals surface area (Å²) in [5.74, 6) is -0.653. The highest BCUT2D eigenvalue weighted by atomic mass is 35.5. The van der Waals surface area contributed by atoms with Crippen molar-refractivity contribution in [3.05, 3.63) is 46.4 Å². The van der Waals surface area contributed by atoms with E-state index in [0.29, 0.717) is 29.5 Å². The van der Waals surface area contributed by atoms with Crippen molar-refractivity contribution in [3.8, 4) is 0 Å². The van der Waals surface area contributed by atoms with Crippen LogP contribution in [0.1, 0.15) is 17.8 Å². The van der Waals surface area contributed by atoms with Crippen LogP contribution in [0.2, 0.25) is 5.02 Å². The molecular formula is C21H19ClN4O3S3. The summed E-state index contributed by atoms with van der Waals surface area (Å²) >= 11 is 8.91. The van der Waals surface area contributed by atoms with Crippen molar-refractivity contribution in [1.82, 2.24) is 14.3 Å². The topological polar surface area (TPSA) is 92.3 Å². The van der Waals surface area contributed by atoms with Crippen LogP contribution < -0.4 is 5.32 Å². The molecule has 0 saturated carbocycles.